The third kappa shape index (κ3) is 3.17. The van der Waals surface area contributed by atoms with Gasteiger partial charge in [0.1, 0.15) is 0 Å². The van der Waals surface area contributed by atoms with Gasteiger partial charge in [-0.15, -0.1) is 0 Å². The first-order chi connectivity index (χ1) is 9.83. The van der Waals surface area contributed by atoms with Crippen LogP contribution in [0.1, 0.15) is 25.3 Å². The largest absolute Gasteiger partial charge is 0.317 e. The van der Waals surface area contributed by atoms with Crippen molar-refractivity contribution in [3.8, 4) is 0 Å². The summed E-state index contributed by atoms with van der Waals surface area (Å²) in [5.41, 5.74) is 1.41. The number of nitrogens with zero attached hydrogens (tertiary/aromatic N) is 2. The Bertz CT molecular complexity index is 567. The van der Waals surface area contributed by atoms with Crippen molar-refractivity contribution in [1.82, 2.24) is 15.2 Å². The molecule has 0 aliphatic carbocycles. The Morgan fingerprint density at radius 2 is 2.20 bits per heavy atom. The summed E-state index contributed by atoms with van der Waals surface area (Å²) >= 11 is 0. The predicted molar refractivity (Wildman–Crippen MR) is 83.7 cm³/mol. The van der Waals surface area contributed by atoms with Crippen molar-refractivity contribution in [2.75, 3.05) is 19.6 Å². The molecule has 1 atom stereocenters. The number of nitrogens with one attached hydrogen (secondary N) is 1. The molecule has 3 rings (SSSR count). The quantitative estimate of drug-likeness (QED) is 0.908. The molecule has 1 aliphatic rings. The molecule has 0 amide bonds. The van der Waals surface area contributed by atoms with Crippen molar-refractivity contribution in [2.45, 2.75) is 32.4 Å². The van der Waals surface area contributed by atoms with Crippen molar-refractivity contribution in [3.63, 3.8) is 0 Å². The zero-order valence-electron chi connectivity index (χ0n) is 12.2. The van der Waals surface area contributed by atoms with Crippen molar-refractivity contribution in [2.24, 2.45) is 0 Å². The maximum Gasteiger partial charge on any atom is 0.0346 e. The van der Waals surface area contributed by atoms with E-state index in [1.54, 1.807) is 0 Å². The Labute approximate surface area is 121 Å². The lowest BCUT2D eigenvalue weighted by Gasteiger charge is -2.31. The summed E-state index contributed by atoms with van der Waals surface area (Å²) in [5, 5.41) is 6.01. The van der Waals surface area contributed by atoms with Gasteiger partial charge >= 0.3 is 0 Å². The van der Waals surface area contributed by atoms with Crippen molar-refractivity contribution in [3.05, 3.63) is 42.2 Å². The highest BCUT2D eigenvalue weighted by Gasteiger charge is 2.15. The number of hydrogen-bond donors (Lipinski definition) is 1. The molecule has 106 valence electrons. The number of rotatable bonds is 2. The second kappa shape index (κ2) is 6.33. The normalized spacial score (nSPS) is 21.6. The molecule has 0 unspecified atom stereocenters. The first-order valence-electron chi connectivity index (χ1n) is 7.60. The second-order valence-corrected chi connectivity index (χ2v) is 5.77. The Morgan fingerprint density at radius 1 is 1.25 bits per heavy atom. The SMILES string of the molecule is C[C@@H]1CCNCCCN1Cc1ccc2cnccc2c1. The zero-order valence-corrected chi connectivity index (χ0v) is 12.2. The number of pyridine rings is 1. The second-order valence-electron chi connectivity index (χ2n) is 5.77. The standard InChI is InChI=1S/C17H23N3/c1-14-5-8-18-7-2-10-20(14)13-15-3-4-17-12-19-9-6-16(17)11-15/h3-4,6,9,11-12,14,18H,2,5,7-8,10,13H2,1H3/t14-/m1/s1. The maximum atomic E-state index is 4.18. The van der Waals surface area contributed by atoms with Crippen LogP contribution in [0.3, 0.4) is 0 Å². The highest BCUT2D eigenvalue weighted by Crippen LogP contribution is 2.18. The molecule has 1 fully saturated rings. The van der Waals surface area contributed by atoms with E-state index in [0.29, 0.717) is 6.04 Å². The third-order valence-corrected chi connectivity index (χ3v) is 4.25. The summed E-state index contributed by atoms with van der Waals surface area (Å²) in [6.45, 7) is 6.87. The van der Waals surface area contributed by atoms with Crippen LogP contribution in [0, 0.1) is 0 Å². The fraction of sp³-hybridized carbons (Fsp3) is 0.471. The number of benzene rings is 1. The van der Waals surface area contributed by atoms with E-state index in [9.17, 15) is 0 Å². The van der Waals surface area contributed by atoms with Gasteiger partial charge in [0.25, 0.3) is 0 Å². The van der Waals surface area contributed by atoms with E-state index >= 15 is 0 Å². The molecule has 0 bridgehead atoms. The summed E-state index contributed by atoms with van der Waals surface area (Å²) < 4.78 is 0. The van der Waals surface area contributed by atoms with Crippen LogP contribution < -0.4 is 5.32 Å². The van der Waals surface area contributed by atoms with Gasteiger partial charge < -0.3 is 5.32 Å². The van der Waals surface area contributed by atoms with Crippen LogP contribution in [0.15, 0.2) is 36.7 Å². The molecule has 1 N–H and O–H groups in total. The van der Waals surface area contributed by atoms with E-state index in [0.717, 1.165) is 19.6 Å². The summed E-state index contributed by atoms with van der Waals surface area (Å²) in [6.07, 6.45) is 6.28. The Balaban J connectivity index is 1.76. The number of aromatic nitrogens is 1. The molecule has 3 heteroatoms. The molecule has 0 spiro atoms. The van der Waals surface area contributed by atoms with Gasteiger partial charge in [-0.2, -0.15) is 0 Å². The van der Waals surface area contributed by atoms with Crippen LogP contribution in [-0.2, 0) is 6.54 Å². The highest BCUT2D eigenvalue weighted by molar-refractivity contribution is 5.81. The van der Waals surface area contributed by atoms with E-state index in [-0.39, 0.29) is 0 Å². The van der Waals surface area contributed by atoms with E-state index < -0.39 is 0 Å². The molecule has 1 aromatic heterocycles. The molecular formula is C17H23N3. The van der Waals surface area contributed by atoms with E-state index in [1.807, 2.05) is 12.4 Å². The summed E-state index contributed by atoms with van der Waals surface area (Å²) in [6, 6.07) is 9.48. The van der Waals surface area contributed by atoms with Gasteiger partial charge in [0.15, 0.2) is 0 Å². The van der Waals surface area contributed by atoms with Crippen LogP contribution in [0.25, 0.3) is 10.8 Å². The van der Waals surface area contributed by atoms with Crippen LogP contribution in [0.4, 0.5) is 0 Å². The molecule has 20 heavy (non-hydrogen) atoms. The molecule has 1 aliphatic heterocycles. The minimum absolute atomic E-state index is 0.649. The maximum absolute atomic E-state index is 4.18. The number of hydrogen-bond acceptors (Lipinski definition) is 3. The minimum Gasteiger partial charge on any atom is -0.317 e. The highest BCUT2D eigenvalue weighted by atomic mass is 15.2. The van der Waals surface area contributed by atoms with E-state index in [2.05, 4.69) is 46.4 Å². The van der Waals surface area contributed by atoms with Crippen molar-refractivity contribution >= 4 is 10.8 Å². The van der Waals surface area contributed by atoms with Crippen molar-refractivity contribution in [1.29, 1.82) is 0 Å². The molecule has 1 saturated heterocycles. The lowest BCUT2D eigenvalue weighted by Crippen LogP contribution is -2.39. The van der Waals surface area contributed by atoms with Gasteiger partial charge in [0, 0.05) is 30.4 Å². The topological polar surface area (TPSA) is 28.2 Å². The summed E-state index contributed by atoms with van der Waals surface area (Å²) in [5.74, 6) is 0. The molecule has 0 radical (unpaired) electrons. The predicted octanol–water partition coefficient (Wildman–Crippen LogP) is 2.81. The molecular weight excluding hydrogens is 246 g/mol. The lowest BCUT2D eigenvalue weighted by molar-refractivity contribution is 0.177. The molecule has 1 aromatic carbocycles. The first-order valence-corrected chi connectivity index (χ1v) is 7.60. The third-order valence-electron chi connectivity index (χ3n) is 4.25. The van der Waals surface area contributed by atoms with Gasteiger partial charge in [0.2, 0.25) is 0 Å². The van der Waals surface area contributed by atoms with Gasteiger partial charge in [-0.3, -0.25) is 9.88 Å². The Hall–Kier alpha value is -1.45. The molecule has 3 nitrogen and oxygen atoms in total. The number of fused-ring (bicyclic) bond motifs is 1. The van der Waals surface area contributed by atoms with Gasteiger partial charge in [-0.1, -0.05) is 12.1 Å². The van der Waals surface area contributed by atoms with E-state index in [4.69, 9.17) is 0 Å². The Morgan fingerprint density at radius 3 is 3.15 bits per heavy atom. The molecule has 2 aromatic rings. The smallest absolute Gasteiger partial charge is 0.0346 e. The van der Waals surface area contributed by atoms with E-state index in [1.165, 1.54) is 35.7 Å². The van der Waals surface area contributed by atoms with Crippen LogP contribution in [0.2, 0.25) is 0 Å². The lowest BCUT2D eigenvalue weighted by atomic mass is 10.1. The summed E-state index contributed by atoms with van der Waals surface area (Å²) in [7, 11) is 0. The monoisotopic (exact) mass is 269 g/mol. The zero-order chi connectivity index (χ0) is 13.8. The average Bonchev–Trinajstić information content (AvgIpc) is 2.47. The van der Waals surface area contributed by atoms with Gasteiger partial charge in [0.05, 0.1) is 0 Å². The fourth-order valence-corrected chi connectivity index (χ4v) is 2.95. The van der Waals surface area contributed by atoms with Gasteiger partial charge in [-0.05, 0) is 62.5 Å². The average molecular weight is 269 g/mol. The van der Waals surface area contributed by atoms with Crippen molar-refractivity contribution < 1.29 is 0 Å². The summed E-state index contributed by atoms with van der Waals surface area (Å²) in [4.78, 5) is 6.79. The minimum atomic E-state index is 0.649. The first kappa shape index (κ1) is 13.5. The van der Waals surface area contributed by atoms with Gasteiger partial charge in [-0.25, -0.2) is 0 Å². The van der Waals surface area contributed by atoms with Crippen LogP contribution in [-0.4, -0.2) is 35.6 Å². The molecule has 2 heterocycles. The molecule has 0 saturated carbocycles. The fourth-order valence-electron chi connectivity index (χ4n) is 2.95. The Kier molecular flexibility index (Phi) is 4.28. The van der Waals surface area contributed by atoms with Crippen LogP contribution in [0.5, 0.6) is 0 Å². The van der Waals surface area contributed by atoms with Crippen LogP contribution >= 0.6 is 0 Å².